The van der Waals surface area contributed by atoms with Crippen LogP contribution in [0.2, 0.25) is 0 Å². The first-order valence-corrected chi connectivity index (χ1v) is 7.13. The van der Waals surface area contributed by atoms with Gasteiger partial charge in [-0.3, -0.25) is 10.1 Å². The van der Waals surface area contributed by atoms with Gasteiger partial charge >= 0.3 is 0 Å². The topological polar surface area (TPSA) is 58.4 Å². The lowest BCUT2D eigenvalue weighted by Crippen LogP contribution is -2.11. The van der Waals surface area contributed by atoms with Gasteiger partial charge in [0.1, 0.15) is 5.69 Å². The van der Waals surface area contributed by atoms with Crippen LogP contribution in [0.15, 0.2) is 36.4 Å². The molecule has 2 aromatic rings. The van der Waals surface area contributed by atoms with Gasteiger partial charge in [-0.15, -0.1) is 0 Å². The van der Waals surface area contributed by atoms with Gasteiger partial charge < -0.3 is 10.2 Å². The maximum Gasteiger partial charge on any atom is 0.292 e. The standard InChI is InChI=1S/C17H21N3O2/c1-12-7-13(2)9-15(8-12)18-11-14-5-6-16(19(3)4)17(10-14)20(21)22/h5-10,18H,11H2,1-4H3. The first kappa shape index (κ1) is 15.8. The van der Waals surface area contributed by atoms with Crippen LogP contribution in [-0.4, -0.2) is 19.0 Å². The Morgan fingerprint density at radius 1 is 1.09 bits per heavy atom. The first-order valence-electron chi connectivity index (χ1n) is 7.13. The van der Waals surface area contributed by atoms with E-state index in [1.165, 1.54) is 11.1 Å². The van der Waals surface area contributed by atoms with Crippen molar-refractivity contribution in [2.24, 2.45) is 0 Å². The number of hydrogen-bond acceptors (Lipinski definition) is 4. The fourth-order valence-electron chi connectivity index (χ4n) is 2.48. The summed E-state index contributed by atoms with van der Waals surface area (Å²) >= 11 is 0. The van der Waals surface area contributed by atoms with Crippen molar-refractivity contribution in [2.45, 2.75) is 20.4 Å². The van der Waals surface area contributed by atoms with Crippen LogP contribution < -0.4 is 10.2 Å². The summed E-state index contributed by atoms with van der Waals surface area (Å²) < 4.78 is 0. The van der Waals surface area contributed by atoms with Crippen molar-refractivity contribution in [1.82, 2.24) is 0 Å². The smallest absolute Gasteiger partial charge is 0.292 e. The fourth-order valence-corrected chi connectivity index (χ4v) is 2.48. The van der Waals surface area contributed by atoms with E-state index in [1.54, 1.807) is 31.1 Å². The van der Waals surface area contributed by atoms with Crippen molar-refractivity contribution in [3.63, 3.8) is 0 Å². The monoisotopic (exact) mass is 299 g/mol. The number of nitrogens with one attached hydrogen (secondary N) is 1. The van der Waals surface area contributed by atoms with E-state index in [4.69, 9.17) is 0 Å². The van der Waals surface area contributed by atoms with Gasteiger partial charge in [-0.1, -0.05) is 12.1 Å². The Balaban J connectivity index is 2.19. The Hall–Kier alpha value is -2.56. The molecule has 0 aliphatic heterocycles. The Morgan fingerprint density at radius 2 is 1.73 bits per heavy atom. The van der Waals surface area contributed by atoms with Crippen molar-refractivity contribution in [2.75, 3.05) is 24.3 Å². The number of nitro benzene ring substituents is 1. The molecular weight excluding hydrogens is 278 g/mol. The number of anilines is 2. The number of benzene rings is 2. The highest BCUT2D eigenvalue weighted by Gasteiger charge is 2.15. The molecule has 0 saturated carbocycles. The quantitative estimate of drug-likeness (QED) is 0.672. The fraction of sp³-hybridized carbons (Fsp3) is 0.294. The second kappa shape index (κ2) is 6.47. The third kappa shape index (κ3) is 3.75. The molecule has 2 aromatic carbocycles. The second-order valence-corrected chi connectivity index (χ2v) is 5.70. The first-order chi connectivity index (χ1) is 10.4. The van der Waals surface area contributed by atoms with Gasteiger partial charge in [0.2, 0.25) is 0 Å². The molecule has 5 nitrogen and oxygen atoms in total. The van der Waals surface area contributed by atoms with E-state index in [2.05, 4.69) is 37.4 Å². The number of aryl methyl sites for hydroxylation is 2. The van der Waals surface area contributed by atoms with E-state index in [0.717, 1.165) is 11.3 Å². The van der Waals surface area contributed by atoms with Gasteiger partial charge in [0.25, 0.3) is 5.69 Å². The van der Waals surface area contributed by atoms with E-state index < -0.39 is 0 Å². The lowest BCUT2D eigenvalue weighted by atomic mass is 10.1. The van der Waals surface area contributed by atoms with Crippen LogP contribution in [0, 0.1) is 24.0 Å². The zero-order valence-electron chi connectivity index (χ0n) is 13.4. The minimum absolute atomic E-state index is 0.129. The highest BCUT2D eigenvalue weighted by Crippen LogP contribution is 2.28. The zero-order chi connectivity index (χ0) is 16.3. The molecule has 0 saturated heterocycles. The summed E-state index contributed by atoms with van der Waals surface area (Å²) in [6, 6.07) is 11.6. The molecule has 0 heterocycles. The van der Waals surface area contributed by atoms with Crippen molar-refractivity contribution in [3.8, 4) is 0 Å². The lowest BCUT2D eigenvalue weighted by Gasteiger charge is -2.14. The van der Waals surface area contributed by atoms with Crippen LogP contribution in [-0.2, 0) is 6.54 Å². The van der Waals surface area contributed by atoms with Gasteiger partial charge in [-0.2, -0.15) is 0 Å². The molecule has 1 N–H and O–H groups in total. The Kier molecular flexibility index (Phi) is 4.65. The van der Waals surface area contributed by atoms with Crippen molar-refractivity contribution >= 4 is 17.1 Å². The van der Waals surface area contributed by atoms with E-state index >= 15 is 0 Å². The van der Waals surface area contributed by atoms with E-state index in [0.29, 0.717) is 12.2 Å². The van der Waals surface area contributed by atoms with E-state index in [9.17, 15) is 10.1 Å². The maximum atomic E-state index is 11.2. The predicted octanol–water partition coefficient (Wildman–Crippen LogP) is 3.89. The molecule has 0 aliphatic rings. The minimum Gasteiger partial charge on any atom is -0.381 e. The molecule has 0 radical (unpaired) electrons. The van der Waals surface area contributed by atoms with Crippen LogP contribution in [0.4, 0.5) is 17.1 Å². The van der Waals surface area contributed by atoms with Crippen LogP contribution in [0.5, 0.6) is 0 Å². The van der Waals surface area contributed by atoms with Crippen LogP contribution in [0.25, 0.3) is 0 Å². The molecule has 5 heteroatoms. The highest BCUT2D eigenvalue weighted by atomic mass is 16.6. The van der Waals surface area contributed by atoms with E-state index in [1.807, 2.05) is 6.07 Å². The van der Waals surface area contributed by atoms with Gasteiger partial charge in [0.15, 0.2) is 0 Å². The number of nitro groups is 1. The molecule has 0 atom stereocenters. The third-order valence-corrected chi connectivity index (χ3v) is 3.44. The van der Waals surface area contributed by atoms with Gasteiger partial charge in [-0.25, -0.2) is 0 Å². The van der Waals surface area contributed by atoms with E-state index in [-0.39, 0.29) is 10.6 Å². The average molecular weight is 299 g/mol. The lowest BCUT2D eigenvalue weighted by molar-refractivity contribution is -0.384. The minimum atomic E-state index is -0.338. The summed E-state index contributed by atoms with van der Waals surface area (Å²) in [6.45, 7) is 4.65. The van der Waals surface area contributed by atoms with Crippen molar-refractivity contribution in [1.29, 1.82) is 0 Å². The van der Waals surface area contributed by atoms with Gasteiger partial charge in [0.05, 0.1) is 4.92 Å². The normalized spacial score (nSPS) is 10.4. The zero-order valence-corrected chi connectivity index (χ0v) is 13.4. The van der Waals surface area contributed by atoms with Crippen LogP contribution in [0.1, 0.15) is 16.7 Å². The summed E-state index contributed by atoms with van der Waals surface area (Å²) in [5.74, 6) is 0. The summed E-state index contributed by atoms with van der Waals surface area (Å²) in [5.41, 5.74) is 5.03. The molecule has 22 heavy (non-hydrogen) atoms. The van der Waals surface area contributed by atoms with Crippen molar-refractivity contribution < 1.29 is 4.92 Å². The Labute approximate surface area is 130 Å². The number of hydrogen-bond donors (Lipinski definition) is 1. The Bertz CT molecular complexity index is 676. The molecule has 0 aromatic heterocycles. The largest absolute Gasteiger partial charge is 0.381 e. The SMILES string of the molecule is Cc1cc(C)cc(NCc2ccc(N(C)C)c([N+](=O)[O-])c2)c1. The summed E-state index contributed by atoms with van der Waals surface area (Å²) in [6.07, 6.45) is 0. The summed E-state index contributed by atoms with van der Waals surface area (Å²) in [7, 11) is 3.60. The molecule has 0 spiro atoms. The molecule has 116 valence electrons. The van der Waals surface area contributed by atoms with Crippen LogP contribution in [0.3, 0.4) is 0 Å². The van der Waals surface area contributed by atoms with Gasteiger partial charge in [-0.05, 0) is 48.7 Å². The molecule has 0 amide bonds. The van der Waals surface area contributed by atoms with Crippen LogP contribution >= 0.6 is 0 Å². The molecule has 0 unspecified atom stereocenters. The summed E-state index contributed by atoms with van der Waals surface area (Å²) in [4.78, 5) is 12.6. The molecular formula is C17H21N3O2. The maximum absolute atomic E-state index is 11.2. The summed E-state index contributed by atoms with van der Waals surface area (Å²) in [5, 5.41) is 14.5. The Morgan fingerprint density at radius 3 is 2.27 bits per heavy atom. The second-order valence-electron chi connectivity index (χ2n) is 5.70. The highest BCUT2D eigenvalue weighted by molar-refractivity contribution is 5.64. The van der Waals surface area contributed by atoms with Gasteiger partial charge in [0, 0.05) is 32.4 Å². The average Bonchev–Trinajstić information content (AvgIpc) is 2.43. The molecule has 2 rings (SSSR count). The number of rotatable bonds is 5. The van der Waals surface area contributed by atoms with Crippen molar-refractivity contribution in [3.05, 3.63) is 63.2 Å². The molecule has 0 aliphatic carbocycles. The number of nitrogens with zero attached hydrogens (tertiary/aromatic N) is 2. The molecule has 0 bridgehead atoms. The molecule has 0 fully saturated rings. The third-order valence-electron chi connectivity index (χ3n) is 3.44. The predicted molar refractivity (Wildman–Crippen MR) is 90.7 cm³/mol.